The van der Waals surface area contributed by atoms with Crippen molar-refractivity contribution in [2.24, 2.45) is 0 Å². The Morgan fingerprint density at radius 3 is 1.95 bits per heavy atom. The molecule has 21 heavy (non-hydrogen) atoms. The van der Waals surface area contributed by atoms with Gasteiger partial charge in [-0.1, -0.05) is 62.6 Å². The van der Waals surface area contributed by atoms with E-state index in [0.717, 1.165) is 44.9 Å². The predicted octanol–water partition coefficient (Wildman–Crippen LogP) is 1.33. The summed E-state index contributed by atoms with van der Waals surface area (Å²) in [7, 11) is 0. The molecule has 0 radical (unpaired) electrons. The fourth-order valence-electron chi connectivity index (χ4n) is 1.89. The van der Waals surface area contributed by atoms with E-state index < -0.39 is 5.97 Å². The van der Waals surface area contributed by atoms with Crippen LogP contribution in [0.1, 0.15) is 71.1 Å². The van der Waals surface area contributed by atoms with Gasteiger partial charge in [0.2, 0.25) is 0 Å². The third-order valence-electron chi connectivity index (χ3n) is 3.03. The smallest absolute Gasteiger partial charge is 0.550 e. The van der Waals surface area contributed by atoms with Crippen molar-refractivity contribution >= 4 is 5.97 Å². The predicted molar refractivity (Wildman–Crippen MR) is 84.3 cm³/mol. The summed E-state index contributed by atoms with van der Waals surface area (Å²) >= 11 is 0. The summed E-state index contributed by atoms with van der Waals surface area (Å²) < 4.78 is 0. The van der Waals surface area contributed by atoms with Crippen LogP contribution in [-0.4, -0.2) is 5.97 Å². The second-order valence-corrected chi connectivity index (χ2v) is 4.97. The van der Waals surface area contributed by atoms with E-state index in [9.17, 15) is 9.90 Å². The van der Waals surface area contributed by atoms with Crippen LogP contribution in [0.4, 0.5) is 0 Å². The quantitative estimate of drug-likeness (QED) is 0.291. The first kappa shape index (κ1) is 22.6. The number of allylic oxidation sites excluding steroid dienone is 6. The summed E-state index contributed by atoms with van der Waals surface area (Å²) in [5, 5.41) is 10.2. The van der Waals surface area contributed by atoms with E-state index in [-0.39, 0.29) is 25.3 Å². The van der Waals surface area contributed by atoms with Crippen LogP contribution in [0.15, 0.2) is 36.5 Å². The molecule has 0 aliphatic carbocycles. The van der Waals surface area contributed by atoms with Crippen molar-refractivity contribution in [2.45, 2.75) is 71.1 Å². The first-order valence-electron chi connectivity index (χ1n) is 7.92. The van der Waals surface area contributed by atoms with Crippen molar-refractivity contribution in [1.29, 1.82) is 0 Å². The first-order valence-corrected chi connectivity index (χ1v) is 7.92. The largest absolute Gasteiger partial charge is 1.00 e. The van der Waals surface area contributed by atoms with Gasteiger partial charge in [-0.15, -0.1) is 0 Å². The number of carbonyl (C=O) groups excluding carboxylic acids is 1. The molecular formula is C18H29LiO2. The molecule has 0 unspecified atom stereocenters. The van der Waals surface area contributed by atoms with Crippen molar-refractivity contribution in [2.75, 3.05) is 0 Å². The number of hydrogen-bond donors (Lipinski definition) is 0. The standard InChI is InChI=1S/C18H30O2.Li/c1-2-3-4-5-6-7-8-9-10-11-12-13-14-15-16-17-18(19)20;/h3-4,6-7,9-10H,2,5,8,11-17H2,1H3,(H,19,20);/q;+1/p-1/b4-3+,7-6+,10-9+;. The molecule has 0 N–H and O–H groups in total. The molecule has 0 spiro atoms. The number of aliphatic carboxylic acids is 1. The number of carboxylic acid groups (broad SMARTS) is 1. The van der Waals surface area contributed by atoms with Gasteiger partial charge in [-0.05, 0) is 44.9 Å². The van der Waals surface area contributed by atoms with Gasteiger partial charge in [0.15, 0.2) is 0 Å². The normalized spacial score (nSPS) is 11.5. The minimum atomic E-state index is -0.925. The Hall–Kier alpha value is -0.713. The third-order valence-corrected chi connectivity index (χ3v) is 3.03. The molecule has 114 valence electrons. The van der Waals surface area contributed by atoms with Gasteiger partial charge in [0.25, 0.3) is 0 Å². The fraction of sp³-hybridized carbons (Fsp3) is 0.611. The third kappa shape index (κ3) is 21.7. The molecule has 0 rings (SSSR count). The summed E-state index contributed by atoms with van der Waals surface area (Å²) in [6, 6.07) is 0. The molecule has 0 fully saturated rings. The molecule has 0 saturated carbocycles. The van der Waals surface area contributed by atoms with Crippen molar-refractivity contribution in [1.82, 2.24) is 0 Å². The van der Waals surface area contributed by atoms with Crippen LogP contribution in [0.3, 0.4) is 0 Å². The molecule has 3 heteroatoms. The van der Waals surface area contributed by atoms with E-state index in [0.29, 0.717) is 0 Å². The van der Waals surface area contributed by atoms with Crippen LogP contribution in [0.25, 0.3) is 0 Å². The average molecular weight is 284 g/mol. The van der Waals surface area contributed by atoms with Gasteiger partial charge in [-0.25, -0.2) is 0 Å². The summed E-state index contributed by atoms with van der Waals surface area (Å²) in [6.07, 6.45) is 23.0. The maximum Gasteiger partial charge on any atom is 1.00 e. The minimum Gasteiger partial charge on any atom is -0.550 e. The zero-order valence-corrected chi connectivity index (χ0v) is 13.9. The molecule has 0 heterocycles. The summed E-state index contributed by atoms with van der Waals surface area (Å²) in [4.78, 5) is 10.2. The van der Waals surface area contributed by atoms with Crippen molar-refractivity contribution in [3.8, 4) is 0 Å². The van der Waals surface area contributed by atoms with Crippen molar-refractivity contribution < 1.29 is 28.8 Å². The fourth-order valence-corrected chi connectivity index (χ4v) is 1.89. The molecule has 0 amide bonds. The van der Waals surface area contributed by atoms with Gasteiger partial charge in [-0.3, -0.25) is 0 Å². The van der Waals surface area contributed by atoms with Gasteiger partial charge in [-0.2, -0.15) is 0 Å². The Balaban J connectivity index is 0. The first-order chi connectivity index (χ1) is 9.77. The van der Waals surface area contributed by atoms with Gasteiger partial charge in [0.05, 0.1) is 0 Å². The van der Waals surface area contributed by atoms with E-state index in [2.05, 4.69) is 43.4 Å². The number of carboxylic acids is 1. The van der Waals surface area contributed by atoms with Gasteiger partial charge in [0, 0.05) is 5.97 Å². The number of unbranched alkanes of at least 4 members (excludes halogenated alkanes) is 5. The SMILES string of the molecule is CC/C=C/C/C=C/C/C=C/CCCCCCCC(=O)[O-].[Li+]. The van der Waals surface area contributed by atoms with Crippen LogP contribution in [-0.2, 0) is 4.79 Å². The number of hydrogen-bond acceptors (Lipinski definition) is 2. The topological polar surface area (TPSA) is 40.1 Å². The van der Waals surface area contributed by atoms with Crippen molar-refractivity contribution in [3.63, 3.8) is 0 Å². The van der Waals surface area contributed by atoms with Gasteiger partial charge in [0.1, 0.15) is 0 Å². The van der Waals surface area contributed by atoms with E-state index in [4.69, 9.17) is 0 Å². The maximum absolute atomic E-state index is 10.2. The molecule has 2 nitrogen and oxygen atoms in total. The van der Waals surface area contributed by atoms with E-state index in [1.54, 1.807) is 0 Å². The molecule has 0 saturated heterocycles. The molecule has 0 aliphatic heterocycles. The summed E-state index contributed by atoms with van der Waals surface area (Å²) in [6.45, 7) is 2.15. The minimum absolute atomic E-state index is 0. The number of carbonyl (C=O) groups is 1. The number of rotatable bonds is 13. The molecule has 0 aliphatic rings. The van der Waals surface area contributed by atoms with E-state index >= 15 is 0 Å². The van der Waals surface area contributed by atoms with Gasteiger partial charge < -0.3 is 9.90 Å². The molecule has 0 aromatic carbocycles. The Morgan fingerprint density at radius 1 is 0.810 bits per heavy atom. The molecule has 0 aromatic rings. The summed E-state index contributed by atoms with van der Waals surface area (Å²) in [5.74, 6) is -0.925. The van der Waals surface area contributed by atoms with Crippen LogP contribution in [0.2, 0.25) is 0 Å². The zero-order valence-electron chi connectivity index (χ0n) is 13.9. The van der Waals surface area contributed by atoms with E-state index in [1.807, 2.05) is 0 Å². The van der Waals surface area contributed by atoms with E-state index in [1.165, 1.54) is 12.8 Å². The molecule has 0 atom stereocenters. The van der Waals surface area contributed by atoms with Crippen LogP contribution in [0.5, 0.6) is 0 Å². The van der Waals surface area contributed by atoms with Crippen LogP contribution in [0, 0.1) is 0 Å². The Kier molecular flexibility index (Phi) is 20.7. The van der Waals surface area contributed by atoms with Gasteiger partial charge >= 0.3 is 18.9 Å². The maximum atomic E-state index is 10.2. The van der Waals surface area contributed by atoms with Crippen LogP contribution >= 0.6 is 0 Å². The molecular weight excluding hydrogens is 255 g/mol. The summed E-state index contributed by atoms with van der Waals surface area (Å²) in [5.41, 5.74) is 0. The monoisotopic (exact) mass is 284 g/mol. The molecule has 0 bridgehead atoms. The Bertz CT molecular complexity index is 306. The average Bonchev–Trinajstić information content (AvgIpc) is 2.43. The second-order valence-electron chi connectivity index (χ2n) is 4.97. The van der Waals surface area contributed by atoms with Crippen LogP contribution < -0.4 is 24.0 Å². The Morgan fingerprint density at radius 2 is 1.33 bits per heavy atom. The zero-order chi connectivity index (χ0) is 14.9. The second kappa shape index (κ2) is 19.3. The molecule has 0 aromatic heterocycles. The Labute approximate surface area is 142 Å². The van der Waals surface area contributed by atoms with Crippen molar-refractivity contribution in [3.05, 3.63) is 36.5 Å².